The van der Waals surface area contributed by atoms with Crippen LogP contribution in [0.4, 0.5) is 0 Å². The molecule has 0 atom stereocenters. The Morgan fingerprint density at radius 3 is 3.00 bits per heavy atom. The number of nitrogens with one attached hydrogen (secondary N) is 1. The second kappa shape index (κ2) is 8.11. The lowest BCUT2D eigenvalue weighted by Gasteiger charge is -2.09. The molecule has 0 unspecified atom stereocenters. The molecule has 100 valence electrons. The molecule has 0 aliphatic rings. The molecule has 1 rings (SSSR count). The van der Waals surface area contributed by atoms with Gasteiger partial charge >= 0.3 is 0 Å². The maximum atomic E-state index is 6.09. The summed E-state index contributed by atoms with van der Waals surface area (Å²) in [5.41, 5.74) is 2.12. The molecule has 0 aliphatic heterocycles. The highest BCUT2D eigenvalue weighted by Crippen LogP contribution is 2.19. The Balaban J connectivity index is 2.53. The van der Waals surface area contributed by atoms with Gasteiger partial charge in [0.05, 0.1) is 11.6 Å². The largest absolute Gasteiger partial charge is 0.477 e. The number of nitrogens with zero attached hydrogens (tertiary/aromatic N) is 1. The third-order valence-electron chi connectivity index (χ3n) is 2.43. The van der Waals surface area contributed by atoms with Gasteiger partial charge in [-0.3, -0.25) is 0 Å². The van der Waals surface area contributed by atoms with Crippen LogP contribution in [0.3, 0.4) is 0 Å². The van der Waals surface area contributed by atoms with Crippen LogP contribution in [0.5, 0.6) is 5.88 Å². The van der Waals surface area contributed by atoms with Gasteiger partial charge in [-0.1, -0.05) is 24.1 Å². The lowest BCUT2D eigenvalue weighted by molar-refractivity contribution is 0.309. The number of pyridine rings is 1. The molecule has 18 heavy (non-hydrogen) atoms. The van der Waals surface area contributed by atoms with Gasteiger partial charge in [-0.2, -0.15) is 0 Å². The van der Waals surface area contributed by atoms with E-state index in [1.54, 1.807) is 6.20 Å². The van der Waals surface area contributed by atoms with E-state index < -0.39 is 0 Å². The van der Waals surface area contributed by atoms with Gasteiger partial charge in [-0.15, -0.1) is 6.58 Å². The molecule has 0 saturated heterocycles. The minimum atomic E-state index is 0.603. The number of ether oxygens (including phenoxy) is 1. The van der Waals surface area contributed by atoms with Gasteiger partial charge in [0.2, 0.25) is 5.88 Å². The molecular weight excluding hydrogens is 248 g/mol. The fraction of sp³-hybridized carbons (Fsp3) is 0.500. The zero-order chi connectivity index (χ0) is 13.4. The van der Waals surface area contributed by atoms with Crippen LogP contribution < -0.4 is 10.1 Å². The molecule has 0 aliphatic carbocycles. The van der Waals surface area contributed by atoms with E-state index in [0.717, 1.165) is 37.1 Å². The standard InChI is InChI=1S/C14H21ClN2O/c1-4-6-16-9-12-8-14(17-10-13(12)15)18-7-5-11(2)3/h8,10,16H,2,4-7,9H2,1,3H3. The van der Waals surface area contributed by atoms with Crippen molar-refractivity contribution in [1.82, 2.24) is 10.3 Å². The molecule has 0 spiro atoms. The van der Waals surface area contributed by atoms with E-state index in [1.807, 2.05) is 13.0 Å². The summed E-state index contributed by atoms with van der Waals surface area (Å²) in [4.78, 5) is 4.15. The summed E-state index contributed by atoms with van der Waals surface area (Å²) >= 11 is 6.09. The van der Waals surface area contributed by atoms with Gasteiger partial charge in [0.25, 0.3) is 0 Å². The first-order valence-corrected chi connectivity index (χ1v) is 6.63. The Bertz CT molecular complexity index is 393. The molecule has 0 saturated carbocycles. The Morgan fingerprint density at radius 1 is 1.56 bits per heavy atom. The third kappa shape index (κ3) is 5.52. The fourth-order valence-electron chi connectivity index (χ4n) is 1.40. The van der Waals surface area contributed by atoms with Gasteiger partial charge in [0.15, 0.2) is 0 Å². The molecule has 0 fully saturated rings. The average Bonchev–Trinajstić information content (AvgIpc) is 2.33. The second-order valence-electron chi connectivity index (χ2n) is 4.35. The minimum absolute atomic E-state index is 0.603. The van der Waals surface area contributed by atoms with Crippen LogP contribution in [0.1, 0.15) is 32.3 Å². The molecule has 1 aromatic rings. The first-order valence-electron chi connectivity index (χ1n) is 6.25. The molecule has 1 N–H and O–H groups in total. The number of halogens is 1. The average molecular weight is 269 g/mol. The van der Waals surface area contributed by atoms with Crippen molar-refractivity contribution in [3.8, 4) is 5.88 Å². The first-order chi connectivity index (χ1) is 8.63. The summed E-state index contributed by atoms with van der Waals surface area (Å²) in [5.74, 6) is 0.619. The first kappa shape index (κ1) is 15.0. The molecular formula is C14H21ClN2O. The molecule has 1 heterocycles. The van der Waals surface area contributed by atoms with Crippen molar-refractivity contribution in [1.29, 1.82) is 0 Å². The summed E-state index contributed by atoms with van der Waals surface area (Å²) in [6.07, 6.45) is 3.58. The molecule has 0 bridgehead atoms. The van der Waals surface area contributed by atoms with Crippen molar-refractivity contribution in [2.45, 2.75) is 33.2 Å². The zero-order valence-electron chi connectivity index (χ0n) is 11.1. The minimum Gasteiger partial charge on any atom is -0.477 e. The van der Waals surface area contributed by atoms with Crippen LogP contribution in [0, 0.1) is 0 Å². The summed E-state index contributed by atoms with van der Waals surface area (Å²) in [5, 5.41) is 3.98. The Labute approximate surface area is 114 Å². The molecule has 0 amide bonds. The van der Waals surface area contributed by atoms with Crippen molar-refractivity contribution in [2.75, 3.05) is 13.2 Å². The van der Waals surface area contributed by atoms with E-state index in [-0.39, 0.29) is 0 Å². The van der Waals surface area contributed by atoms with E-state index in [2.05, 4.69) is 23.8 Å². The topological polar surface area (TPSA) is 34.1 Å². The summed E-state index contributed by atoms with van der Waals surface area (Å²) in [7, 11) is 0. The predicted octanol–water partition coefficient (Wildman–Crippen LogP) is 3.58. The van der Waals surface area contributed by atoms with Gasteiger partial charge in [-0.25, -0.2) is 4.98 Å². The van der Waals surface area contributed by atoms with Crippen LogP contribution >= 0.6 is 11.6 Å². The lowest BCUT2D eigenvalue weighted by Crippen LogP contribution is -2.14. The Morgan fingerprint density at radius 2 is 2.33 bits per heavy atom. The molecule has 4 heteroatoms. The molecule has 0 aromatic carbocycles. The fourth-order valence-corrected chi connectivity index (χ4v) is 1.57. The van der Waals surface area contributed by atoms with Crippen molar-refractivity contribution < 1.29 is 4.74 Å². The van der Waals surface area contributed by atoms with Crippen LogP contribution in [-0.2, 0) is 6.54 Å². The van der Waals surface area contributed by atoms with Gasteiger partial charge in [0, 0.05) is 25.2 Å². The van der Waals surface area contributed by atoms with Crippen LogP contribution in [0.25, 0.3) is 0 Å². The monoisotopic (exact) mass is 268 g/mol. The Kier molecular flexibility index (Phi) is 6.76. The second-order valence-corrected chi connectivity index (χ2v) is 4.75. The predicted molar refractivity (Wildman–Crippen MR) is 76.2 cm³/mol. The Hall–Kier alpha value is -1.06. The van der Waals surface area contributed by atoms with Crippen LogP contribution in [0.2, 0.25) is 5.02 Å². The van der Waals surface area contributed by atoms with E-state index in [9.17, 15) is 0 Å². The van der Waals surface area contributed by atoms with E-state index in [0.29, 0.717) is 17.5 Å². The van der Waals surface area contributed by atoms with Crippen molar-refractivity contribution >= 4 is 11.6 Å². The number of hydrogen-bond acceptors (Lipinski definition) is 3. The third-order valence-corrected chi connectivity index (χ3v) is 2.77. The maximum absolute atomic E-state index is 6.09. The zero-order valence-corrected chi connectivity index (χ0v) is 11.9. The van der Waals surface area contributed by atoms with Crippen LogP contribution in [-0.4, -0.2) is 18.1 Å². The number of rotatable bonds is 8. The number of aromatic nitrogens is 1. The highest BCUT2D eigenvalue weighted by Gasteiger charge is 2.04. The van der Waals surface area contributed by atoms with Gasteiger partial charge in [0.1, 0.15) is 0 Å². The smallest absolute Gasteiger partial charge is 0.213 e. The highest BCUT2D eigenvalue weighted by molar-refractivity contribution is 6.31. The highest BCUT2D eigenvalue weighted by atomic mass is 35.5. The van der Waals surface area contributed by atoms with E-state index in [1.165, 1.54) is 0 Å². The molecule has 1 aromatic heterocycles. The van der Waals surface area contributed by atoms with Gasteiger partial charge in [-0.05, 0) is 25.5 Å². The summed E-state index contributed by atoms with van der Waals surface area (Å²) < 4.78 is 5.56. The van der Waals surface area contributed by atoms with E-state index >= 15 is 0 Å². The van der Waals surface area contributed by atoms with Crippen molar-refractivity contribution in [2.24, 2.45) is 0 Å². The quantitative estimate of drug-likeness (QED) is 0.578. The lowest BCUT2D eigenvalue weighted by atomic mass is 10.2. The number of hydrogen-bond donors (Lipinski definition) is 1. The summed E-state index contributed by atoms with van der Waals surface area (Å²) in [6, 6.07) is 1.89. The van der Waals surface area contributed by atoms with Crippen molar-refractivity contribution in [3.05, 3.63) is 35.0 Å². The van der Waals surface area contributed by atoms with E-state index in [4.69, 9.17) is 16.3 Å². The molecule has 0 radical (unpaired) electrons. The van der Waals surface area contributed by atoms with Crippen molar-refractivity contribution in [3.63, 3.8) is 0 Å². The normalized spacial score (nSPS) is 10.4. The van der Waals surface area contributed by atoms with Crippen LogP contribution in [0.15, 0.2) is 24.4 Å². The summed E-state index contributed by atoms with van der Waals surface area (Å²) in [6.45, 7) is 10.3. The SMILES string of the molecule is C=C(C)CCOc1cc(CNCCC)c(Cl)cn1. The maximum Gasteiger partial charge on any atom is 0.213 e. The van der Waals surface area contributed by atoms with Gasteiger partial charge < -0.3 is 10.1 Å². The molecule has 3 nitrogen and oxygen atoms in total.